The Labute approximate surface area is 117 Å². The summed E-state index contributed by atoms with van der Waals surface area (Å²) in [4.78, 5) is 16.2. The van der Waals surface area contributed by atoms with Crippen LogP contribution in [-0.4, -0.2) is 17.4 Å². The lowest BCUT2D eigenvalue weighted by atomic mass is 10.1. The number of nitrogens with one attached hydrogen (secondary N) is 2. The molecular formula is C15H14N4O. The third-order valence-electron chi connectivity index (χ3n) is 2.73. The molecule has 0 saturated heterocycles. The molecule has 2 aromatic rings. The van der Waals surface area contributed by atoms with Gasteiger partial charge in [0.25, 0.3) is 5.91 Å². The van der Waals surface area contributed by atoms with Gasteiger partial charge < -0.3 is 10.6 Å². The van der Waals surface area contributed by atoms with Gasteiger partial charge in [-0.3, -0.25) is 9.78 Å². The molecule has 0 radical (unpaired) electrons. The molecule has 100 valence electrons. The molecule has 1 amide bonds. The highest BCUT2D eigenvalue weighted by Gasteiger charge is 2.12. The Morgan fingerprint density at radius 1 is 1.30 bits per heavy atom. The predicted molar refractivity (Wildman–Crippen MR) is 77.5 cm³/mol. The number of carbonyl (C=O) groups is 1. The van der Waals surface area contributed by atoms with Crippen LogP contribution in [0.1, 0.15) is 22.8 Å². The van der Waals surface area contributed by atoms with Crippen LogP contribution in [-0.2, 0) is 0 Å². The number of benzene rings is 1. The zero-order valence-corrected chi connectivity index (χ0v) is 11.1. The number of hydrogen-bond acceptors (Lipinski definition) is 4. The number of rotatable bonds is 4. The van der Waals surface area contributed by atoms with Crippen molar-refractivity contribution in [3.63, 3.8) is 0 Å². The average molecular weight is 266 g/mol. The molecule has 0 saturated carbocycles. The molecule has 0 aliphatic heterocycles. The van der Waals surface area contributed by atoms with Crippen molar-refractivity contribution < 1.29 is 4.79 Å². The van der Waals surface area contributed by atoms with Gasteiger partial charge >= 0.3 is 0 Å². The lowest BCUT2D eigenvalue weighted by Gasteiger charge is -2.11. The van der Waals surface area contributed by atoms with Crippen molar-refractivity contribution in [2.75, 3.05) is 17.2 Å². The van der Waals surface area contributed by atoms with Crippen LogP contribution in [0.25, 0.3) is 0 Å². The number of pyridine rings is 1. The highest BCUT2D eigenvalue weighted by Crippen LogP contribution is 2.18. The van der Waals surface area contributed by atoms with E-state index in [1.165, 1.54) is 6.20 Å². The second kappa shape index (κ2) is 6.34. The summed E-state index contributed by atoms with van der Waals surface area (Å²) in [7, 11) is 0. The van der Waals surface area contributed by atoms with Gasteiger partial charge in [-0.25, -0.2) is 0 Å². The number of nitrogens with zero attached hydrogens (tertiary/aromatic N) is 2. The molecule has 0 aliphatic carbocycles. The topological polar surface area (TPSA) is 77.8 Å². The molecule has 0 unspecified atom stereocenters. The highest BCUT2D eigenvalue weighted by molar-refractivity contribution is 6.08. The second-order valence-electron chi connectivity index (χ2n) is 4.06. The van der Waals surface area contributed by atoms with Gasteiger partial charge in [0.1, 0.15) is 6.07 Å². The zero-order valence-electron chi connectivity index (χ0n) is 11.1. The molecular weight excluding hydrogens is 252 g/mol. The molecule has 1 aromatic heterocycles. The summed E-state index contributed by atoms with van der Waals surface area (Å²) in [5.41, 5.74) is 2.08. The van der Waals surface area contributed by atoms with Crippen LogP contribution >= 0.6 is 0 Å². The van der Waals surface area contributed by atoms with E-state index < -0.39 is 0 Å². The minimum atomic E-state index is -0.295. The Kier molecular flexibility index (Phi) is 4.30. The van der Waals surface area contributed by atoms with Crippen molar-refractivity contribution in [2.45, 2.75) is 6.92 Å². The van der Waals surface area contributed by atoms with Crippen molar-refractivity contribution in [3.8, 4) is 6.07 Å². The van der Waals surface area contributed by atoms with Crippen molar-refractivity contribution in [3.05, 3.63) is 53.9 Å². The van der Waals surface area contributed by atoms with E-state index in [0.717, 1.165) is 5.69 Å². The van der Waals surface area contributed by atoms with Crippen molar-refractivity contribution in [1.29, 1.82) is 5.26 Å². The predicted octanol–water partition coefficient (Wildman–Crippen LogP) is 2.64. The number of amides is 1. The lowest BCUT2D eigenvalue weighted by Crippen LogP contribution is -2.15. The molecule has 5 heteroatoms. The first-order valence-corrected chi connectivity index (χ1v) is 6.24. The van der Waals surface area contributed by atoms with Gasteiger partial charge in [0.15, 0.2) is 0 Å². The third kappa shape index (κ3) is 2.93. The van der Waals surface area contributed by atoms with Crippen molar-refractivity contribution in [1.82, 2.24) is 4.98 Å². The number of carbonyl (C=O) groups excluding carboxylic acids is 1. The summed E-state index contributed by atoms with van der Waals surface area (Å²) in [5.74, 6) is -0.295. The summed E-state index contributed by atoms with van der Waals surface area (Å²) in [6, 6.07) is 10.7. The molecule has 0 aliphatic rings. The minimum Gasteiger partial charge on any atom is -0.385 e. The minimum absolute atomic E-state index is 0.295. The summed E-state index contributed by atoms with van der Waals surface area (Å²) in [6.45, 7) is 2.66. The Morgan fingerprint density at radius 3 is 2.85 bits per heavy atom. The van der Waals surface area contributed by atoms with Gasteiger partial charge in [-0.05, 0) is 25.1 Å². The summed E-state index contributed by atoms with van der Waals surface area (Å²) in [6.07, 6.45) is 3.13. The second-order valence-corrected chi connectivity index (χ2v) is 4.06. The average Bonchev–Trinajstić information content (AvgIpc) is 2.48. The number of nitriles is 1. The SMILES string of the molecule is CCNc1ccncc1C(=O)Nc1ccccc1C#N. The van der Waals surface area contributed by atoms with Gasteiger partial charge in [0.2, 0.25) is 0 Å². The van der Waals surface area contributed by atoms with Crippen molar-refractivity contribution in [2.24, 2.45) is 0 Å². The van der Waals surface area contributed by atoms with E-state index in [9.17, 15) is 4.79 Å². The first kappa shape index (κ1) is 13.6. The monoisotopic (exact) mass is 266 g/mol. The lowest BCUT2D eigenvalue weighted by molar-refractivity contribution is 0.102. The standard InChI is InChI=1S/C15H14N4O/c1-2-18-14-7-8-17-10-12(14)15(20)19-13-6-4-3-5-11(13)9-16/h3-8,10H,2H2,1H3,(H,17,18)(H,19,20). The van der Waals surface area contributed by atoms with E-state index in [4.69, 9.17) is 5.26 Å². The summed E-state index contributed by atoms with van der Waals surface area (Å²) >= 11 is 0. The first-order chi connectivity index (χ1) is 9.76. The zero-order chi connectivity index (χ0) is 14.4. The fraction of sp³-hybridized carbons (Fsp3) is 0.133. The number of aromatic nitrogens is 1. The van der Waals surface area contributed by atoms with Gasteiger partial charge in [0.05, 0.1) is 22.5 Å². The van der Waals surface area contributed by atoms with Gasteiger partial charge in [-0.1, -0.05) is 12.1 Å². The molecule has 2 rings (SSSR count). The smallest absolute Gasteiger partial charge is 0.259 e. The van der Waals surface area contributed by atoms with Crippen LogP contribution < -0.4 is 10.6 Å². The van der Waals surface area contributed by atoms with E-state index in [0.29, 0.717) is 23.4 Å². The highest BCUT2D eigenvalue weighted by atomic mass is 16.1. The van der Waals surface area contributed by atoms with Crippen LogP contribution in [0.15, 0.2) is 42.7 Å². The summed E-state index contributed by atoms with van der Waals surface area (Å²) < 4.78 is 0. The molecule has 0 fully saturated rings. The molecule has 0 spiro atoms. The molecule has 2 N–H and O–H groups in total. The molecule has 1 aromatic carbocycles. The Bertz CT molecular complexity index is 661. The normalized spacial score (nSPS) is 9.60. The van der Waals surface area contributed by atoms with Crippen LogP contribution in [0.4, 0.5) is 11.4 Å². The third-order valence-corrected chi connectivity index (χ3v) is 2.73. The summed E-state index contributed by atoms with van der Waals surface area (Å²) in [5, 5.41) is 14.9. The fourth-order valence-corrected chi connectivity index (χ4v) is 1.80. The molecule has 1 heterocycles. The Hall–Kier alpha value is -2.87. The van der Waals surface area contributed by atoms with Gasteiger partial charge in [-0.2, -0.15) is 5.26 Å². The largest absolute Gasteiger partial charge is 0.385 e. The fourth-order valence-electron chi connectivity index (χ4n) is 1.80. The van der Waals surface area contributed by atoms with E-state index >= 15 is 0 Å². The van der Waals surface area contributed by atoms with E-state index in [-0.39, 0.29) is 5.91 Å². The van der Waals surface area contributed by atoms with E-state index in [1.54, 1.807) is 36.5 Å². The van der Waals surface area contributed by atoms with Crippen LogP contribution in [0.5, 0.6) is 0 Å². The molecule has 0 bridgehead atoms. The van der Waals surface area contributed by atoms with Crippen LogP contribution in [0, 0.1) is 11.3 Å². The maximum Gasteiger partial charge on any atom is 0.259 e. The molecule has 0 atom stereocenters. The van der Waals surface area contributed by atoms with Gasteiger partial charge in [-0.15, -0.1) is 0 Å². The van der Waals surface area contributed by atoms with Crippen molar-refractivity contribution >= 4 is 17.3 Å². The first-order valence-electron chi connectivity index (χ1n) is 6.24. The number of para-hydroxylation sites is 1. The maximum absolute atomic E-state index is 12.3. The number of anilines is 2. The Morgan fingerprint density at radius 2 is 2.10 bits per heavy atom. The molecule has 5 nitrogen and oxygen atoms in total. The number of hydrogen-bond donors (Lipinski definition) is 2. The molecule has 20 heavy (non-hydrogen) atoms. The Balaban J connectivity index is 2.27. The van der Waals surface area contributed by atoms with Crippen LogP contribution in [0.3, 0.4) is 0 Å². The maximum atomic E-state index is 12.3. The van der Waals surface area contributed by atoms with E-state index in [2.05, 4.69) is 15.6 Å². The van der Waals surface area contributed by atoms with E-state index in [1.807, 2.05) is 13.0 Å². The quantitative estimate of drug-likeness (QED) is 0.891. The van der Waals surface area contributed by atoms with Gasteiger partial charge in [0, 0.05) is 18.9 Å². The van der Waals surface area contributed by atoms with Crippen LogP contribution in [0.2, 0.25) is 0 Å².